The van der Waals surface area contributed by atoms with E-state index in [0.29, 0.717) is 18.6 Å². The van der Waals surface area contributed by atoms with E-state index in [0.717, 1.165) is 55.9 Å². The van der Waals surface area contributed by atoms with Crippen molar-refractivity contribution in [3.8, 4) is 11.5 Å². The van der Waals surface area contributed by atoms with Crippen LogP contribution >= 0.6 is 24.0 Å². The largest absolute Gasteiger partial charge is 0.493 e. The molecule has 0 saturated carbocycles. The monoisotopic (exact) mass is 489 g/mol. The molecule has 2 aliphatic heterocycles. The molecule has 2 fully saturated rings. The van der Waals surface area contributed by atoms with Gasteiger partial charge in [-0.2, -0.15) is 0 Å². The molecule has 0 aliphatic carbocycles. The minimum atomic E-state index is 0. The molecule has 6 nitrogen and oxygen atoms in total. The van der Waals surface area contributed by atoms with Gasteiger partial charge in [0.25, 0.3) is 0 Å². The summed E-state index contributed by atoms with van der Waals surface area (Å²) in [4.78, 5) is 7.24. The smallest absolute Gasteiger partial charge is 0.194 e. The maximum atomic E-state index is 5.64. The van der Waals surface area contributed by atoms with Crippen LogP contribution in [0.15, 0.2) is 23.2 Å². The van der Waals surface area contributed by atoms with E-state index in [9.17, 15) is 0 Å². The molecular formula is C20H32IN3O3. The number of halogens is 1. The Hall–Kier alpha value is -1.22. The van der Waals surface area contributed by atoms with Crippen molar-refractivity contribution < 1.29 is 14.2 Å². The summed E-state index contributed by atoms with van der Waals surface area (Å²) < 4.78 is 16.7. The van der Waals surface area contributed by atoms with E-state index in [1.807, 2.05) is 19.1 Å². The summed E-state index contributed by atoms with van der Waals surface area (Å²) >= 11 is 0. The molecule has 1 spiro atoms. The van der Waals surface area contributed by atoms with E-state index >= 15 is 0 Å². The van der Waals surface area contributed by atoms with Crippen LogP contribution in [0.4, 0.5) is 0 Å². The van der Waals surface area contributed by atoms with E-state index in [1.165, 1.54) is 12.8 Å². The van der Waals surface area contributed by atoms with Crippen molar-refractivity contribution in [1.82, 2.24) is 10.2 Å². The van der Waals surface area contributed by atoms with Gasteiger partial charge < -0.3 is 24.4 Å². The lowest BCUT2D eigenvalue weighted by molar-refractivity contribution is 0.156. The maximum absolute atomic E-state index is 5.64. The Bertz CT molecular complexity index is 633. The van der Waals surface area contributed by atoms with Crippen LogP contribution in [0, 0.1) is 5.41 Å². The Morgan fingerprint density at radius 2 is 2.15 bits per heavy atom. The van der Waals surface area contributed by atoms with Gasteiger partial charge in [0.2, 0.25) is 0 Å². The zero-order chi connectivity index (χ0) is 18.4. The van der Waals surface area contributed by atoms with Gasteiger partial charge in [-0.15, -0.1) is 24.0 Å². The molecule has 27 heavy (non-hydrogen) atoms. The number of aliphatic imine (C=N–C) groups is 1. The Kier molecular flexibility index (Phi) is 8.47. The van der Waals surface area contributed by atoms with E-state index < -0.39 is 0 Å². The fourth-order valence-electron chi connectivity index (χ4n) is 3.76. The molecule has 3 rings (SSSR count). The third kappa shape index (κ3) is 5.40. The fraction of sp³-hybridized carbons (Fsp3) is 0.650. The lowest BCUT2D eigenvalue weighted by Crippen LogP contribution is -2.41. The van der Waals surface area contributed by atoms with Gasteiger partial charge in [-0.25, -0.2) is 4.99 Å². The highest BCUT2D eigenvalue weighted by atomic mass is 127. The second-order valence-corrected chi connectivity index (χ2v) is 7.06. The number of benzene rings is 1. The van der Waals surface area contributed by atoms with Crippen LogP contribution in [0.5, 0.6) is 11.5 Å². The van der Waals surface area contributed by atoms with E-state index in [1.54, 1.807) is 7.11 Å². The summed E-state index contributed by atoms with van der Waals surface area (Å²) in [5.74, 6) is 2.52. The normalized spacial score (nSPS) is 22.0. The van der Waals surface area contributed by atoms with E-state index in [-0.39, 0.29) is 24.0 Å². The van der Waals surface area contributed by atoms with Gasteiger partial charge in [-0.3, -0.25) is 0 Å². The van der Waals surface area contributed by atoms with Crippen molar-refractivity contribution in [2.45, 2.75) is 33.2 Å². The second-order valence-electron chi connectivity index (χ2n) is 7.06. The molecule has 0 amide bonds. The summed E-state index contributed by atoms with van der Waals surface area (Å²) in [7, 11) is 1.67. The van der Waals surface area contributed by atoms with Gasteiger partial charge in [0.15, 0.2) is 17.5 Å². The molecule has 0 radical (unpaired) electrons. The molecular weight excluding hydrogens is 457 g/mol. The van der Waals surface area contributed by atoms with Crippen LogP contribution in [-0.2, 0) is 11.3 Å². The molecule has 0 aromatic heterocycles. The topological polar surface area (TPSA) is 55.3 Å². The molecule has 1 N–H and O–H groups in total. The van der Waals surface area contributed by atoms with Gasteiger partial charge in [-0.1, -0.05) is 6.07 Å². The number of nitrogens with one attached hydrogen (secondary N) is 1. The third-order valence-electron chi connectivity index (χ3n) is 5.20. The van der Waals surface area contributed by atoms with Gasteiger partial charge >= 0.3 is 0 Å². The number of nitrogens with zero attached hydrogens (tertiary/aromatic N) is 2. The van der Waals surface area contributed by atoms with Crippen molar-refractivity contribution in [3.05, 3.63) is 23.8 Å². The predicted molar refractivity (Wildman–Crippen MR) is 118 cm³/mol. The van der Waals surface area contributed by atoms with Gasteiger partial charge in [0.1, 0.15) is 0 Å². The highest BCUT2D eigenvalue weighted by Gasteiger charge is 2.42. The van der Waals surface area contributed by atoms with Crippen LogP contribution < -0.4 is 14.8 Å². The molecule has 1 atom stereocenters. The van der Waals surface area contributed by atoms with Crippen molar-refractivity contribution in [1.29, 1.82) is 0 Å². The van der Waals surface area contributed by atoms with Gasteiger partial charge in [0.05, 0.1) is 26.9 Å². The van der Waals surface area contributed by atoms with Crippen molar-refractivity contribution in [2.75, 3.05) is 46.6 Å². The van der Waals surface area contributed by atoms with Crippen LogP contribution in [0.3, 0.4) is 0 Å². The van der Waals surface area contributed by atoms with E-state index in [4.69, 9.17) is 19.2 Å². The molecule has 2 saturated heterocycles. The zero-order valence-corrected chi connectivity index (χ0v) is 19.0. The molecule has 7 heteroatoms. The highest BCUT2D eigenvalue weighted by Crippen LogP contribution is 2.38. The number of ether oxygens (including phenoxy) is 3. The Morgan fingerprint density at radius 1 is 1.30 bits per heavy atom. The average Bonchev–Trinajstić information content (AvgIpc) is 3.30. The first-order valence-electron chi connectivity index (χ1n) is 9.60. The molecule has 2 heterocycles. The number of rotatable bonds is 6. The molecule has 0 bridgehead atoms. The Morgan fingerprint density at radius 3 is 2.81 bits per heavy atom. The van der Waals surface area contributed by atoms with Crippen molar-refractivity contribution in [2.24, 2.45) is 10.4 Å². The van der Waals surface area contributed by atoms with Crippen LogP contribution in [-0.4, -0.2) is 57.4 Å². The molecule has 1 aromatic rings. The Balaban J connectivity index is 0.00000261. The second kappa shape index (κ2) is 10.4. The number of hydrogen-bond acceptors (Lipinski definition) is 4. The molecule has 1 aromatic carbocycles. The van der Waals surface area contributed by atoms with Crippen LogP contribution in [0.1, 0.15) is 32.3 Å². The minimum absolute atomic E-state index is 0. The van der Waals surface area contributed by atoms with Crippen LogP contribution in [0.2, 0.25) is 0 Å². The van der Waals surface area contributed by atoms with Gasteiger partial charge in [0, 0.05) is 31.7 Å². The average molecular weight is 489 g/mol. The third-order valence-corrected chi connectivity index (χ3v) is 5.20. The van der Waals surface area contributed by atoms with E-state index in [2.05, 4.69) is 23.2 Å². The minimum Gasteiger partial charge on any atom is -0.493 e. The quantitative estimate of drug-likeness (QED) is 0.378. The zero-order valence-electron chi connectivity index (χ0n) is 16.6. The number of hydrogen-bond donors (Lipinski definition) is 1. The standard InChI is InChI=1S/C20H31N3O3.HI/c1-4-21-19(23-10-8-20(14-23)9-11-25-15-20)22-13-16-6-7-17(26-5-2)18(12-16)24-3;/h6-7,12H,4-5,8-11,13-15H2,1-3H3,(H,21,22);1H. The lowest BCUT2D eigenvalue weighted by atomic mass is 9.87. The summed E-state index contributed by atoms with van der Waals surface area (Å²) in [6, 6.07) is 6.02. The van der Waals surface area contributed by atoms with Crippen LogP contribution in [0.25, 0.3) is 0 Å². The fourth-order valence-corrected chi connectivity index (χ4v) is 3.76. The number of likely N-dealkylation sites (tertiary alicyclic amines) is 1. The van der Waals surface area contributed by atoms with Gasteiger partial charge in [-0.05, 0) is 44.4 Å². The molecule has 152 valence electrons. The summed E-state index contributed by atoms with van der Waals surface area (Å²) in [5, 5.41) is 3.44. The maximum Gasteiger partial charge on any atom is 0.194 e. The summed E-state index contributed by atoms with van der Waals surface area (Å²) in [6.07, 6.45) is 2.35. The first-order valence-corrected chi connectivity index (χ1v) is 9.60. The SMILES string of the molecule is CCNC(=NCc1ccc(OCC)c(OC)c1)N1CCC2(CCOC2)C1.I. The highest BCUT2D eigenvalue weighted by molar-refractivity contribution is 14.0. The Labute approximate surface area is 179 Å². The first kappa shape index (κ1) is 22.1. The molecule has 2 aliphatic rings. The first-order chi connectivity index (χ1) is 12.7. The van der Waals surface area contributed by atoms with Crippen molar-refractivity contribution >= 4 is 29.9 Å². The lowest BCUT2D eigenvalue weighted by Gasteiger charge is -2.25. The number of guanidine groups is 1. The number of methoxy groups -OCH3 is 1. The summed E-state index contributed by atoms with van der Waals surface area (Å²) in [6.45, 7) is 10.0. The molecule has 1 unspecified atom stereocenters. The van der Waals surface area contributed by atoms with Crippen molar-refractivity contribution in [3.63, 3.8) is 0 Å². The predicted octanol–water partition coefficient (Wildman–Crippen LogP) is 3.29. The summed E-state index contributed by atoms with van der Waals surface area (Å²) in [5.41, 5.74) is 1.44.